The Hall–Kier alpha value is -1.08. The first kappa shape index (κ1) is 21.9. The van der Waals surface area contributed by atoms with Crippen molar-refractivity contribution in [2.24, 2.45) is 0 Å². The molecule has 0 fully saturated rings. The summed E-state index contributed by atoms with van der Waals surface area (Å²) in [6.07, 6.45) is 2.88. The minimum absolute atomic E-state index is 0. The molecule has 23 heavy (non-hydrogen) atoms. The topological polar surface area (TPSA) is 58.9 Å². The van der Waals surface area contributed by atoms with Crippen LogP contribution in [0.5, 0.6) is 0 Å². The van der Waals surface area contributed by atoms with Gasteiger partial charge >= 0.3 is 0 Å². The van der Waals surface area contributed by atoms with E-state index in [9.17, 15) is 4.79 Å². The summed E-state index contributed by atoms with van der Waals surface area (Å²) in [6.45, 7) is 8.49. The maximum absolute atomic E-state index is 12.3. The van der Waals surface area contributed by atoms with Crippen LogP contribution in [0.2, 0.25) is 0 Å². The summed E-state index contributed by atoms with van der Waals surface area (Å²) < 4.78 is 2.02. The summed E-state index contributed by atoms with van der Waals surface area (Å²) >= 11 is 1.57. The average molecular weight is 379 g/mol. The van der Waals surface area contributed by atoms with Crippen LogP contribution < -0.4 is 10.6 Å². The van der Waals surface area contributed by atoms with Gasteiger partial charge in [-0.2, -0.15) is 0 Å². The molecule has 0 aliphatic rings. The summed E-state index contributed by atoms with van der Waals surface area (Å²) in [4.78, 5) is 16.6. The first-order chi connectivity index (χ1) is 10.1. The quantitative estimate of drug-likeness (QED) is 0.727. The number of halogens is 2. The Kier molecular flexibility index (Phi) is 10.1. The van der Waals surface area contributed by atoms with E-state index >= 15 is 0 Å². The van der Waals surface area contributed by atoms with Gasteiger partial charge in [0.1, 0.15) is 0 Å². The first-order valence-electron chi connectivity index (χ1n) is 7.23. The molecule has 2 N–H and O–H groups in total. The second-order valence-electron chi connectivity index (χ2n) is 4.94. The average Bonchev–Trinajstić information content (AvgIpc) is 3.06. The van der Waals surface area contributed by atoms with Crippen LogP contribution in [0.25, 0.3) is 5.13 Å². The summed E-state index contributed by atoms with van der Waals surface area (Å²) in [7, 11) is 0. The van der Waals surface area contributed by atoms with E-state index in [-0.39, 0.29) is 30.7 Å². The van der Waals surface area contributed by atoms with Crippen molar-refractivity contribution in [3.63, 3.8) is 0 Å². The highest BCUT2D eigenvalue weighted by molar-refractivity contribution is 7.12. The highest BCUT2D eigenvalue weighted by Gasteiger charge is 2.17. The van der Waals surface area contributed by atoms with E-state index in [0.29, 0.717) is 6.54 Å². The number of amides is 1. The van der Waals surface area contributed by atoms with Crippen LogP contribution in [0.3, 0.4) is 0 Å². The predicted octanol–water partition coefficient (Wildman–Crippen LogP) is 3.12. The minimum atomic E-state index is -0.0239. The molecule has 0 bridgehead atoms. The Labute approximate surface area is 153 Å². The van der Waals surface area contributed by atoms with Gasteiger partial charge in [-0.25, -0.2) is 4.98 Å². The zero-order valence-corrected chi connectivity index (χ0v) is 16.0. The van der Waals surface area contributed by atoms with Crippen molar-refractivity contribution < 1.29 is 4.79 Å². The van der Waals surface area contributed by atoms with Crippen molar-refractivity contribution in [1.29, 1.82) is 0 Å². The van der Waals surface area contributed by atoms with Crippen LogP contribution in [-0.2, 0) is 0 Å². The zero-order valence-electron chi connectivity index (χ0n) is 13.6. The molecule has 2 aromatic heterocycles. The normalized spacial score (nSPS) is 9.87. The van der Waals surface area contributed by atoms with Crippen LogP contribution >= 0.6 is 36.2 Å². The number of nitrogens with one attached hydrogen (secondary N) is 2. The maximum atomic E-state index is 12.3. The minimum Gasteiger partial charge on any atom is -0.351 e. The van der Waals surface area contributed by atoms with E-state index in [1.807, 2.05) is 29.9 Å². The van der Waals surface area contributed by atoms with Gasteiger partial charge in [-0.05, 0) is 32.9 Å². The van der Waals surface area contributed by atoms with Gasteiger partial charge in [0.05, 0.1) is 5.56 Å². The number of aromatic nitrogens is 2. The smallest absolute Gasteiger partial charge is 0.253 e. The molecule has 2 rings (SSSR count). The fourth-order valence-corrected chi connectivity index (χ4v) is 3.03. The molecular formula is C15H24Cl2N4OS. The van der Waals surface area contributed by atoms with Crippen LogP contribution in [0, 0.1) is 13.8 Å². The molecule has 0 saturated carbocycles. The molecule has 5 nitrogen and oxygen atoms in total. The summed E-state index contributed by atoms with van der Waals surface area (Å²) in [5.74, 6) is -0.0239. The number of hydrogen-bond acceptors (Lipinski definition) is 4. The van der Waals surface area contributed by atoms with Gasteiger partial charge in [-0.3, -0.25) is 9.36 Å². The van der Waals surface area contributed by atoms with Gasteiger partial charge in [0.25, 0.3) is 5.91 Å². The van der Waals surface area contributed by atoms with Gasteiger partial charge in [-0.1, -0.05) is 6.92 Å². The molecule has 0 radical (unpaired) electrons. The number of thiazole rings is 1. The Morgan fingerprint density at radius 2 is 2.00 bits per heavy atom. The van der Waals surface area contributed by atoms with Gasteiger partial charge < -0.3 is 10.6 Å². The summed E-state index contributed by atoms with van der Waals surface area (Å²) in [5.41, 5.74) is 2.68. The van der Waals surface area contributed by atoms with E-state index in [1.165, 1.54) is 0 Å². The Morgan fingerprint density at radius 3 is 2.61 bits per heavy atom. The first-order valence-corrected chi connectivity index (χ1v) is 8.10. The maximum Gasteiger partial charge on any atom is 0.253 e. The summed E-state index contributed by atoms with van der Waals surface area (Å²) in [5, 5.41) is 9.05. The SMILES string of the molecule is CCCNCCNC(=O)c1cc(C)n(-c2nccs2)c1C.Cl.Cl. The number of aryl methyl sites for hydroxylation is 1. The van der Waals surface area contributed by atoms with E-state index in [1.54, 1.807) is 17.5 Å². The third-order valence-electron chi connectivity index (χ3n) is 3.30. The molecule has 8 heteroatoms. The zero-order chi connectivity index (χ0) is 15.2. The number of carbonyl (C=O) groups is 1. The molecule has 0 aliphatic heterocycles. The molecule has 0 saturated heterocycles. The summed E-state index contributed by atoms with van der Waals surface area (Å²) in [6, 6.07) is 1.92. The molecule has 0 unspecified atom stereocenters. The Balaban J connectivity index is 0.00000242. The number of hydrogen-bond donors (Lipinski definition) is 2. The molecule has 0 aliphatic carbocycles. The molecular weight excluding hydrogens is 355 g/mol. The molecule has 1 amide bonds. The van der Waals surface area contributed by atoms with Crippen molar-refractivity contribution in [3.8, 4) is 5.13 Å². The van der Waals surface area contributed by atoms with Crippen molar-refractivity contribution in [2.45, 2.75) is 27.2 Å². The van der Waals surface area contributed by atoms with E-state index < -0.39 is 0 Å². The van der Waals surface area contributed by atoms with E-state index in [0.717, 1.165) is 41.6 Å². The largest absolute Gasteiger partial charge is 0.351 e. The Morgan fingerprint density at radius 1 is 1.26 bits per heavy atom. The molecule has 0 atom stereocenters. The van der Waals surface area contributed by atoms with Gasteiger partial charge in [0.2, 0.25) is 0 Å². The van der Waals surface area contributed by atoms with Crippen molar-refractivity contribution in [3.05, 3.63) is 34.6 Å². The Bertz CT molecular complexity index is 599. The standard InChI is InChI=1S/C15H22N4OS.2ClH/c1-4-5-16-6-7-17-14(20)13-10-11(2)19(12(13)3)15-18-8-9-21-15;;/h8-10,16H,4-7H2,1-3H3,(H,17,20);2*1H. The highest BCUT2D eigenvalue weighted by Crippen LogP contribution is 2.22. The molecule has 0 aromatic carbocycles. The molecule has 2 aromatic rings. The third kappa shape index (κ3) is 5.49. The van der Waals surface area contributed by atoms with Gasteiger partial charge in [-0.15, -0.1) is 36.2 Å². The monoisotopic (exact) mass is 378 g/mol. The lowest BCUT2D eigenvalue weighted by Gasteiger charge is -2.07. The fraction of sp³-hybridized carbons (Fsp3) is 0.467. The molecule has 130 valence electrons. The highest BCUT2D eigenvalue weighted by atomic mass is 35.5. The second-order valence-corrected chi connectivity index (χ2v) is 5.81. The van der Waals surface area contributed by atoms with Crippen molar-refractivity contribution in [2.75, 3.05) is 19.6 Å². The van der Waals surface area contributed by atoms with Gasteiger partial charge in [0, 0.05) is 36.1 Å². The van der Waals surface area contributed by atoms with Crippen LogP contribution in [0.1, 0.15) is 35.1 Å². The van der Waals surface area contributed by atoms with E-state index in [4.69, 9.17) is 0 Å². The predicted molar refractivity (Wildman–Crippen MR) is 101 cm³/mol. The van der Waals surface area contributed by atoms with E-state index in [2.05, 4.69) is 22.5 Å². The number of nitrogens with zero attached hydrogens (tertiary/aromatic N) is 2. The third-order valence-corrected chi connectivity index (χ3v) is 4.06. The number of rotatable bonds is 7. The number of carbonyl (C=O) groups excluding carboxylic acids is 1. The second kappa shape index (κ2) is 10.6. The van der Waals surface area contributed by atoms with Crippen molar-refractivity contribution >= 4 is 42.1 Å². The lowest BCUT2D eigenvalue weighted by Crippen LogP contribution is -2.32. The lowest BCUT2D eigenvalue weighted by atomic mass is 10.2. The molecule has 0 spiro atoms. The lowest BCUT2D eigenvalue weighted by molar-refractivity contribution is 0.0953. The van der Waals surface area contributed by atoms with Crippen LogP contribution in [-0.4, -0.2) is 35.1 Å². The van der Waals surface area contributed by atoms with Crippen molar-refractivity contribution in [1.82, 2.24) is 20.2 Å². The molecule has 2 heterocycles. The fourth-order valence-electron chi connectivity index (χ4n) is 2.27. The van der Waals surface area contributed by atoms with Crippen LogP contribution in [0.4, 0.5) is 0 Å². The van der Waals surface area contributed by atoms with Crippen LogP contribution in [0.15, 0.2) is 17.6 Å². The van der Waals surface area contributed by atoms with Gasteiger partial charge in [0.15, 0.2) is 5.13 Å².